The molecule has 2 N–H and O–H groups in total. The molecule has 0 bridgehead atoms. The van der Waals surface area contributed by atoms with Crippen molar-refractivity contribution < 1.29 is 28.5 Å². The van der Waals surface area contributed by atoms with Crippen molar-refractivity contribution in [2.45, 2.75) is 6.92 Å². The standard InChI is InChI=1S/C26H25Cl2N3O6/c1-4-36-23-12-16(14-29-31-26(33)17-5-10-21(34-2)22(13-17)35-3)11-20(28)25(23)37-15-24(32)30-19-8-6-18(27)7-9-19/h5-14H,4,15H2,1-3H3,(H,30,32)(H,31,33)/b29-14+. The Labute approximate surface area is 224 Å². The second kappa shape index (κ2) is 13.4. The highest BCUT2D eigenvalue weighted by atomic mass is 35.5. The number of ether oxygens (including phenoxy) is 4. The van der Waals surface area contributed by atoms with Crippen molar-refractivity contribution >= 4 is 46.9 Å². The van der Waals surface area contributed by atoms with Gasteiger partial charge in [-0.2, -0.15) is 5.10 Å². The van der Waals surface area contributed by atoms with Crippen molar-refractivity contribution in [3.05, 3.63) is 75.8 Å². The summed E-state index contributed by atoms with van der Waals surface area (Å²) in [5, 5.41) is 7.46. The third kappa shape index (κ3) is 7.77. The van der Waals surface area contributed by atoms with Gasteiger partial charge < -0.3 is 24.3 Å². The van der Waals surface area contributed by atoms with Crippen LogP contribution in [-0.4, -0.2) is 45.5 Å². The van der Waals surface area contributed by atoms with Crippen LogP contribution >= 0.6 is 23.2 Å². The first-order chi connectivity index (χ1) is 17.8. The molecular formula is C26H25Cl2N3O6. The van der Waals surface area contributed by atoms with Crippen LogP contribution in [0.4, 0.5) is 5.69 Å². The van der Waals surface area contributed by atoms with Crippen LogP contribution in [0.2, 0.25) is 10.0 Å². The van der Waals surface area contributed by atoms with Gasteiger partial charge in [-0.05, 0) is 67.1 Å². The van der Waals surface area contributed by atoms with Gasteiger partial charge in [-0.15, -0.1) is 0 Å². The Balaban J connectivity index is 1.66. The number of halogens is 2. The molecule has 2 amide bonds. The monoisotopic (exact) mass is 545 g/mol. The fourth-order valence-corrected chi connectivity index (χ4v) is 3.54. The van der Waals surface area contributed by atoms with E-state index in [2.05, 4.69) is 15.8 Å². The molecule has 0 aliphatic carbocycles. The average Bonchev–Trinajstić information content (AvgIpc) is 2.89. The molecule has 37 heavy (non-hydrogen) atoms. The van der Waals surface area contributed by atoms with Gasteiger partial charge in [0.1, 0.15) is 0 Å². The van der Waals surface area contributed by atoms with Gasteiger partial charge in [0.05, 0.1) is 32.1 Å². The number of hydrogen-bond acceptors (Lipinski definition) is 7. The van der Waals surface area contributed by atoms with E-state index >= 15 is 0 Å². The summed E-state index contributed by atoms with van der Waals surface area (Å²) in [5.41, 5.74) is 3.90. The van der Waals surface area contributed by atoms with E-state index in [1.165, 1.54) is 20.4 Å². The Morgan fingerprint density at radius 3 is 2.32 bits per heavy atom. The number of methoxy groups -OCH3 is 2. The van der Waals surface area contributed by atoms with Crippen molar-refractivity contribution in [3.8, 4) is 23.0 Å². The van der Waals surface area contributed by atoms with Crippen LogP contribution in [0.3, 0.4) is 0 Å². The highest BCUT2D eigenvalue weighted by Gasteiger charge is 2.15. The van der Waals surface area contributed by atoms with E-state index in [0.717, 1.165) is 0 Å². The number of benzene rings is 3. The Hall–Kier alpha value is -3.95. The zero-order valence-electron chi connectivity index (χ0n) is 20.3. The SMILES string of the molecule is CCOc1cc(/C=N/NC(=O)c2ccc(OC)c(OC)c2)cc(Cl)c1OCC(=O)Nc1ccc(Cl)cc1. The molecule has 0 aromatic heterocycles. The Morgan fingerprint density at radius 2 is 1.65 bits per heavy atom. The van der Waals surface area contributed by atoms with Gasteiger partial charge >= 0.3 is 0 Å². The summed E-state index contributed by atoms with van der Waals surface area (Å²) in [5.74, 6) is 0.628. The number of nitrogens with zero attached hydrogens (tertiary/aromatic N) is 1. The van der Waals surface area contributed by atoms with E-state index in [0.29, 0.717) is 45.7 Å². The fraction of sp³-hybridized carbons (Fsp3) is 0.192. The van der Waals surface area contributed by atoms with Crippen LogP contribution in [0.1, 0.15) is 22.8 Å². The lowest BCUT2D eigenvalue weighted by Crippen LogP contribution is -2.20. The third-order valence-electron chi connectivity index (χ3n) is 4.83. The average molecular weight is 546 g/mol. The van der Waals surface area contributed by atoms with Crippen LogP contribution < -0.4 is 29.7 Å². The number of rotatable bonds is 11. The second-order valence-electron chi connectivity index (χ2n) is 7.38. The molecule has 11 heteroatoms. The van der Waals surface area contributed by atoms with Crippen molar-refractivity contribution in [1.29, 1.82) is 0 Å². The summed E-state index contributed by atoms with van der Waals surface area (Å²) in [4.78, 5) is 24.7. The molecule has 9 nitrogen and oxygen atoms in total. The smallest absolute Gasteiger partial charge is 0.271 e. The number of hydrazone groups is 1. The van der Waals surface area contributed by atoms with Crippen LogP contribution in [0, 0.1) is 0 Å². The predicted molar refractivity (Wildman–Crippen MR) is 143 cm³/mol. The first-order valence-electron chi connectivity index (χ1n) is 11.0. The van der Waals surface area contributed by atoms with Gasteiger partial charge in [0.2, 0.25) is 0 Å². The van der Waals surface area contributed by atoms with Gasteiger partial charge in [-0.3, -0.25) is 9.59 Å². The molecule has 0 atom stereocenters. The molecule has 0 radical (unpaired) electrons. The molecule has 194 valence electrons. The number of carbonyl (C=O) groups excluding carboxylic acids is 2. The summed E-state index contributed by atoms with van der Waals surface area (Å²) in [6.07, 6.45) is 1.41. The third-order valence-corrected chi connectivity index (χ3v) is 5.37. The predicted octanol–water partition coefficient (Wildman–Crippen LogP) is 5.19. The zero-order valence-corrected chi connectivity index (χ0v) is 21.9. The highest BCUT2D eigenvalue weighted by molar-refractivity contribution is 6.32. The lowest BCUT2D eigenvalue weighted by atomic mass is 10.2. The molecule has 3 rings (SSSR count). The van der Waals surface area contributed by atoms with Crippen molar-refractivity contribution in [1.82, 2.24) is 5.43 Å². The van der Waals surface area contributed by atoms with Crippen molar-refractivity contribution in [2.75, 3.05) is 32.8 Å². The minimum absolute atomic E-state index is 0.206. The molecule has 3 aromatic rings. The molecule has 0 saturated carbocycles. The number of anilines is 1. The molecule has 3 aromatic carbocycles. The van der Waals surface area contributed by atoms with Crippen LogP contribution in [0.5, 0.6) is 23.0 Å². The molecule has 0 aliphatic rings. The van der Waals surface area contributed by atoms with E-state index in [-0.39, 0.29) is 23.3 Å². The lowest BCUT2D eigenvalue weighted by Gasteiger charge is -2.14. The minimum Gasteiger partial charge on any atom is -0.493 e. The van der Waals surface area contributed by atoms with Gasteiger partial charge in [0, 0.05) is 16.3 Å². The largest absolute Gasteiger partial charge is 0.493 e. The molecule has 0 aliphatic heterocycles. The van der Waals surface area contributed by atoms with Gasteiger partial charge in [-0.1, -0.05) is 23.2 Å². The van der Waals surface area contributed by atoms with E-state index in [4.69, 9.17) is 42.1 Å². The van der Waals surface area contributed by atoms with Crippen molar-refractivity contribution in [2.24, 2.45) is 5.10 Å². The van der Waals surface area contributed by atoms with Gasteiger partial charge in [0.25, 0.3) is 11.8 Å². The molecule has 0 spiro atoms. The number of hydrogen-bond donors (Lipinski definition) is 2. The quantitative estimate of drug-likeness (QED) is 0.253. The van der Waals surface area contributed by atoms with Gasteiger partial charge in [0.15, 0.2) is 29.6 Å². The molecule has 0 unspecified atom stereocenters. The summed E-state index contributed by atoms with van der Waals surface area (Å²) < 4.78 is 21.7. The van der Waals surface area contributed by atoms with Gasteiger partial charge in [-0.25, -0.2) is 5.43 Å². The molecule has 0 saturated heterocycles. The zero-order chi connectivity index (χ0) is 26.8. The summed E-state index contributed by atoms with van der Waals surface area (Å²) in [6.45, 7) is 1.84. The maximum absolute atomic E-state index is 12.5. The normalized spacial score (nSPS) is 10.6. The lowest BCUT2D eigenvalue weighted by molar-refractivity contribution is -0.118. The van der Waals surface area contributed by atoms with Crippen LogP contribution in [-0.2, 0) is 4.79 Å². The fourth-order valence-electron chi connectivity index (χ4n) is 3.14. The van der Waals surface area contributed by atoms with E-state index in [1.54, 1.807) is 61.5 Å². The number of carbonyl (C=O) groups is 2. The molecule has 0 heterocycles. The first-order valence-corrected chi connectivity index (χ1v) is 11.8. The van der Waals surface area contributed by atoms with Crippen molar-refractivity contribution in [3.63, 3.8) is 0 Å². The maximum Gasteiger partial charge on any atom is 0.271 e. The maximum atomic E-state index is 12.5. The second-order valence-corrected chi connectivity index (χ2v) is 8.22. The number of nitrogens with one attached hydrogen (secondary N) is 2. The summed E-state index contributed by atoms with van der Waals surface area (Å²) >= 11 is 12.3. The topological polar surface area (TPSA) is 107 Å². The van der Waals surface area contributed by atoms with E-state index in [9.17, 15) is 9.59 Å². The van der Waals surface area contributed by atoms with Crippen LogP contribution in [0.25, 0.3) is 0 Å². The number of amides is 2. The minimum atomic E-state index is -0.444. The van der Waals surface area contributed by atoms with E-state index in [1.807, 2.05) is 0 Å². The molecular weight excluding hydrogens is 521 g/mol. The highest BCUT2D eigenvalue weighted by Crippen LogP contribution is 2.36. The first kappa shape index (κ1) is 27.6. The molecule has 0 fully saturated rings. The summed E-state index contributed by atoms with van der Waals surface area (Å²) in [7, 11) is 2.99. The summed E-state index contributed by atoms with van der Waals surface area (Å²) in [6, 6.07) is 14.6. The Morgan fingerprint density at radius 1 is 0.919 bits per heavy atom. The Kier molecular flexibility index (Phi) is 10.00. The Bertz CT molecular complexity index is 1280. The van der Waals surface area contributed by atoms with Crippen LogP contribution in [0.15, 0.2) is 59.7 Å². The van der Waals surface area contributed by atoms with E-state index < -0.39 is 5.91 Å².